The van der Waals surface area contributed by atoms with Crippen molar-refractivity contribution in [3.8, 4) is 0 Å². The number of rotatable bonds is 5. The quantitative estimate of drug-likeness (QED) is 0.557. The van der Waals surface area contributed by atoms with Crippen LogP contribution in [0.25, 0.3) is 0 Å². The van der Waals surface area contributed by atoms with Gasteiger partial charge >= 0.3 is 5.69 Å². The number of aromatic nitrogens is 2. The second kappa shape index (κ2) is 8.70. The first-order valence-electron chi connectivity index (χ1n) is 8.92. The molecule has 0 unspecified atom stereocenters. The molecule has 3 rings (SSSR count). The van der Waals surface area contributed by atoms with E-state index < -0.39 is 17.1 Å². The number of para-hydroxylation sites is 1. The number of hydrogen-bond acceptors (Lipinski definition) is 4. The number of anilines is 3. The Morgan fingerprint density at radius 2 is 1.83 bits per heavy atom. The maximum atomic E-state index is 14.0. The van der Waals surface area contributed by atoms with Gasteiger partial charge in [-0.25, -0.2) is 9.18 Å². The zero-order valence-electron chi connectivity index (χ0n) is 15.7. The Morgan fingerprint density at radius 1 is 1.17 bits per heavy atom. The molecule has 0 spiro atoms. The molecule has 0 bridgehead atoms. The fraction of sp³-hybridized carbons (Fsp3) is 0.150. The van der Waals surface area contributed by atoms with Crippen molar-refractivity contribution >= 4 is 34.5 Å². The topological polar surface area (TPSA) is 96.2 Å². The van der Waals surface area contributed by atoms with Gasteiger partial charge in [0.15, 0.2) is 10.8 Å². The fourth-order valence-corrected chi connectivity index (χ4v) is 3.24. The number of benzene rings is 2. The first-order chi connectivity index (χ1) is 13.9. The minimum absolute atomic E-state index is 0.0249. The maximum absolute atomic E-state index is 14.0. The number of halogens is 1. The van der Waals surface area contributed by atoms with E-state index in [4.69, 9.17) is 18.0 Å². The van der Waals surface area contributed by atoms with Crippen LogP contribution in [-0.4, -0.2) is 21.2 Å². The molecule has 0 aliphatic rings. The molecule has 150 valence electrons. The summed E-state index contributed by atoms with van der Waals surface area (Å²) in [6.07, 6.45) is 0. The minimum Gasteiger partial charge on any atom is -0.383 e. The van der Waals surface area contributed by atoms with Crippen molar-refractivity contribution in [1.29, 1.82) is 0 Å². The van der Waals surface area contributed by atoms with Gasteiger partial charge in [-0.05, 0) is 36.8 Å². The van der Waals surface area contributed by atoms with Gasteiger partial charge in [-0.15, -0.1) is 0 Å². The highest BCUT2D eigenvalue weighted by Gasteiger charge is 2.21. The number of nitrogens with zero attached hydrogens (tertiary/aromatic N) is 2. The van der Waals surface area contributed by atoms with Gasteiger partial charge in [-0.2, -0.15) is 0 Å². The van der Waals surface area contributed by atoms with E-state index in [2.05, 4.69) is 10.3 Å². The molecule has 4 N–H and O–H groups in total. The van der Waals surface area contributed by atoms with E-state index in [9.17, 15) is 14.0 Å². The highest BCUT2D eigenvalue weighted by atomic mass is 32.1. The largest absolute Gasteiger partial charge is 0.383 e. The van der Waals surface area contributed by atoms with Gasteiger partial charge in [-0.1, -0.05) is 42.5 Å². The van der Waals surface area contributed by atoms with Gasteiger partial charge < -0.3 is 16.0 Å². The highest BCUT2D eigenvalue weighted by molar-refractivity contribution is 7.80. The van der Waals surface area contributed by atoms with E-state index in [0.29, 0.717) is 0 Å². The first-order valence-corrected chi connectivity index (χ1v) is 9.32. The molecule has 0 saturated carbocycles. The third kappa shape index (κ3) is 4.35. The van der Waals surface area contributed by atoms with Crippen molar-refractivity contribution in [2.45, 2.75) is 13.5 Å². The summed E-state index contributed by atoms with van der Waals surface area (Å²) in [7, 11) is 0. The lowest BCUT2D eigenvalue weighted by Crippen LogP contribution is -2.42. The van der Waals surface area contributed by atoms with E-state index in [1.54, 1.807) is 19.1 Å². The summed E-state index contributed by atoms with van der Waals surface area (Å²) in [4.78, 5) is 28.6. The van der Waals surface area contributed by atoms with Crippen molar-refractivity contribution < 1.29 is 4.39 Å². The van der Waals surface area contributed by atoms with Gasteiger partial charge in [0.2, 0.25) is 0 Å². The van der Waals surface area contributed by atoms with Crippen molar-refractivity contribution in [2.24, 2.45) is 0 Å². The average Bonchev–Trinajstić information content (AvgIpc) is 2.70. The molecule has 0 aliphatic carbocycles. The lowest BCUT2D eigenvalue weighted by molar-refractivity contribution is 0.632. The van der Waals surface area contributed by atoms with Crippen LogP contribution in [0.15, 0.2) is 64.2 Å². The maximum Gasteiger partial charge on any atom is 0.330 e. The monoisotopic (exact) mass is 413 g/mol. The molecule has 0 atom stereocenters. The third-order valence-electron chi connectivity index (χ3n) is 4.34. The predicted molar refractivity (Wildman–Crippen MR) is 117 cm³/mol. The van der Waals surface area contributed by atoms with Crippen LogP contribution >= 0.6 is 12.2 Å². The van der Waals surface area contributed by atoms with Crippen molar-refractivity contribution in [3.63, 3.8) is 0 Å². The molecule has 3 aromatic rings. The second-order valence-corrected chi connectivity index (χ2v) is 6.61. The van der Waals surface area contributed by atoms with E-state index in [0.717, 1.165) is 5.56 Å². The van der Waals surface area contributed by atoms with Gasteiger partial charge in [0.25, 0.3) is 5.56 Å². The Kier molecular flexibility index (Phi) is 6.08. The van der Waals surface area contributed by atoms with Crippen molar-refractivity contribution in [1.82, 2.24) is 9.55 Å². The number of hydrogen-bond donors (Lipinski definition) is 3. The molecule has 0 aliphatic heterocycles. The smallest absolute Gasteiger partial charge is 0.330 e. The highest BCUT2D eigenvalue weighted by Crippen LogP contribution is 2.20. The summed E-state index contributed by atoms with van der Waals surface area (Å²) in [5.41, 5.74) is 5.96. The SMILES string of the molecule is CCN(C(=S)Nc1ccccc1F)c1c(N)n(Cc2ccccc2)c(=O)[nH]c1=O. The van der Waals surface area contributed by atoms with Crippen LogP contribution in [-0.2, 0) is 6.54 Å². The van der Waals surface area contributed by atoms with Crippen molar-refractivity contribution in [2.75, 3.05) is 22.5 Å². The lowest BCUT2D eigenvalue weighted by Gasteiger charge is -2.26. The zero-order valence-corrected chi connectivity index (χ0v) is 16.5. The first kappa shape index (κ1) is 20.3. The van der Waals surface area contributed by atoms with Crippen LogP contribution < -0.4 is 27.2 Å². The number of H-pyrrole nitrogens is 1. The van der Waals surface area contributed by atoms with Crippen molar-refractivity contribution in [3.05, 3.63) is 86.8 Å². The molecule has 29 heavy (non-hydrogen) atoms. The van der Waals surface area contributed by atoms with E-state index in [1.165, 1.54) is 21.6 Å². The minimum atomic E-state index is -0.670. The van der Waals surface area contributed by atoms with Crippen LogP contribution in [0.5, 0.6) is 0 Å². The molecular weight excluding hydrogens is 393 g/mol. The summed E-state index contributed by atoms with van der Waals surface area (Å²) in [5, 5.41) is 2.87. The van der Waals surface area contributed by atoms with E-state index in [1.807, 2.05) is 30.3 Å². The Hall–Kier alpha value is -3.46. The third-order valence-corrected chi connectivity index (χ3v) is 4.67. The van der Waals surface area contributed by atoms with Crippen LogP contribution in [0.2, 0.25) is 0 Å². The summed E-state index contributed by atoms with van der Waals surface area (Å²) in [5.74, 6) is -0.510. The van der Waals surface area contributed by atoms with Gasteiger partial charge in [0, 0.05) is 6.54 Å². The molecule has 0 amide bonds. The summed E-state index contributed by atoms with van der Waals surface area (Å²) >= 11 is 5.38. The summed E-state index contributed by atoms with van der Waals surface area (Å²) in [6.45, 7) is 2.22. The van der Waals surface area contributed by atoms with Crippen LogP contribution in [0.3, 0.4) is 0 Å². The molecule has 1 aromatic heterocycles. The molecule has 0 radical (unpaired) electrons. The fourth-order valence-electron chi connectivity index (χ4n) is 2.91. The molecule has 7 nitrogen and oxygen atoms in total. The second-order valence-electron chi connectivity index (χ2n) is 6.22. The van der Waals surface area contributed by atoms with Gasteiger partial charge in [-0.3, -0.25) is 14.3 Å². The predicted octanol–water partition coefficient (Wildman–Crippen LogP) is 2.53. The number of nitrogens with two attached hydrogens (primary N) is 1. The molecule has 0 saturated heterocycles. The Balaban J connectivity index is 2.00. The molecular formula is C20H20FN5O2S. The number of nitrogen functional groups attached to an aromatic ring is 1. The van der Waals surface area contributed by atoms with Gasteiger partial charge in [0.1, 0.15) is 11.6 Å². The number of nitrogens with one attached hydrogen (secondary N) is 2. The standard InChI is InChI=1S/C20H20FN5O2S/c1-2-25(20(29)23-15-11-7-6-10-14(15)21)16-17(22)26(19(28)24-18(16)27)12-13-8-4-3-5-9-13/h3-11H,2,12,22H2,1H3,(H,23,29)(H,24,27,28). The Labute approximate surface area is 171 Å². The summed E-state index contributed by atoms with van der Waals surface area (Å²) < 4.78 is 15.2. The average molecular weight is 413 g/mol. The normalized spacial score (nSPS) is 10.6. The van der Waals surface area contributed by atoms with Crippen LogP contribution in [0.4, 0.5) is 21.6 Å². The van der Waals surface area contributed by atoms with Crippen LogP contribution in [0.1, 0.15) is 12.5 Å². The molecule has 0 fully saturated rings. The summed E-state index contributed by atoms with van der Waals surface area (Å²) in [6, 6.07) is 15.3. The van der Waals surface area contributed by atoms with Crippen LogP contribution in [0, 0.1) is 5.82 Å². The zero-order chi connectivity index (χ0) is 21.0. The Morgan fingerprint density at radius 3 is 2.48 bits per heavy atom. The Bertz CT molecular complexity index is 1140. The molecule has 9 heteroatoms. The van der Waals surface area contributed by atoms with Gasteiger partial charge in [0.05, 0.1) is 12.2 Å². The number of aromatic amines is 1. The number of thiocarbonyl (C=S) groups is 1. The van der Waals surface area contributed by atoms with E-state index >= 15 is 0 Å². The van der Waals surface area contributed by atoms with E-state index in [-0.39, 0.29) is 35.4 Å². The molecule has 1 heterocycles. The molecule has 2 aromatic carbocycles. The lowest BCUT2D eigenvalue weighted by atomic mass is 10.2.